The maximum absolute atomic E-state index is 12.5. The Labute approximate surface area is 198 Å². The van der Waals surface area contributed by atoms with Gasteiger partial charge in [-0.25, -0.2) is 0 Å². The average molecular weight is 522 g/mol. The van der Waals surface area contributed by atoms with Gasteiger partial charge in [-0.1, -0.05) is 53.5 Å². The Kier molecular flexibility index (Phi) is 7.96. The lowest BCUT2D eigenvalue weighted by atomic mass is 10.1. The second kappa shape index (κ2) is 10.7. The van der Waals surface area contributed by atoms with E-state index in [4.69, 9.17) is 27.9 Å². The normalized spacial score (nSPS) is 11.5. The van der Waals surface area contributed by atoms with Crippen molar-refractivity contribution >= 4 is 56.6 Å². The van der Waals surface area contributed by atoms with Crippen molar-refractivity contribution in [2.75, 3.05) is 11.9 Å². The zero-order valence-corrected chi connectivity index (χ0v) is 19.6. The number of benzene rings is 3. The predicted molar refractivity (Wildman–Crippen MR) is 127 cm³/mol. The van der Waals surface area contributed by atoms with Gasteiger partial charge in [0.05, 0.1) is 15.5 Å². The summed E-state index contributed by atoms with van der Waals surface area (Å²) in [4.78, 5) is 24.7. The summed E-state index contributed by atoms with van der Waals surface area (Å²) >= 11 is 15.3. The fourth-order valence-corrected chi connectivity index (χ4v) is 4.18. The molecule has 160 valence electrons. The standard InChI is InChI=1S/C23H19BrCl2N2O3/c1-14(15-5-3-2-4-6-15)27-23(30)16-7-9-18(10-8-16)28-21(29)13-31-22-19(24)11-17(25)12-20(22)26/h2-12,14H,13H2,1H3,(H,27,30)(H,28,29). The Morgan fingerprint density at radius 3 is 2.35 bits per heavy atom. The molecule has 3 aromatic rings. The van der Waals surface area contributed by atoms with Crippen molar-refractivity contribution in [1.29, 1.82) is 0 Å². The van der Waals surface area contributed by atoms with Crippen LogP contribution < -0.4 is 15.4 Å². The average Bonchev–Trinajstić information content (AvgIpc) is 2.74. The first-order valence-corrected chi connectivity index (χ1v) is 10.9. The van der Waals surface area contributed by atoms with Gasteiger partial charge in [-0.2, -0.15) is 0 Å². The zero-order chi connectivity index (χ0) is 22.4. The van der Waals surface area contributed by atoms with Crippen LogP contribution in [0.25, 0.3) is 0 Å². The number of hydrogen-bond donors (Lipinski definition) is 2. The van der Waals surface area contributed by atoms with Gasteiger partial charge < -0.3 is 15.4 Å². The van der Waals surface area contributed by atoms with E-state index in [-0.39, 0.29) is 24.5 Å². The monoisotopic (exact) mass is 520 g/mol. The van der Waals surface area contributed by atoms with Crippen LogP contribution in [0.4, 0.5) is 5.69 Å². The number of carbonyl (C=O) groups is 2. The molecule has 31 heavy (non-hydrogen) atoms. The Morgan fingerprint density at radius 2 is 1.71 bits per heavy atom. The van der Waals surface area contributed by atoms with Gasteiger partial charge in [0.2, 0.25) is 0 Å². The minimum absolute atomic E-state index is 0.121. The third-order valence-corrected chi connectivity index (χ3v) is 5.48. The molecule has 0 aliphatic heterocycles. The summed E-state index contributed by atoms with van der Waals surface area (Å²) in [7, 11) is 0. The maximum atomic E-state index is 12.5. The lowest BCUT2D eigenvalue weighted by molar-refractivity contribution is -0.118. The zero-order valence-electron chi connectivity index (χ0n) is 16.5. The molecule has 2 N–H and O–H groups in total. The Hall–Kier alpha value is -2.54. The fourth-order valence-electron chi connectivity index (χ4n) is 2.81. The largest absolute Gasteiger partial charge is 0.481 e. The molecule has 8 heteroatoms. The molecule has 3 aromatic carbocycles. The Bertz CT molecular complexity index is 1050. The highest BCUT2D eigenvalue weighted by molar-refractivity contribution is 9.10. The molecule has 3 rings (SSSR count). The van der Waals surface area contributed by atoms with Gasteiger partial charge in [0, 0.05) is 16.3 Å². The summed E-state index contributed by atoms with van der Waals surface area (Å²) in [6, 6.07) is 19.4. The van der Waals surface area contributed by atoms with Crippen LogP contribution in [-0.4, -0.2) is 18.4 Å². The third-order valence-electron chi connectivity index (χ3n) is 4.39. The number of carbonyl (C=O) groups excluding carboxylic acids is 2. The molecule has 0 bridgehead atoms. The van der Waals surface area contributed by atoms with Crippen molar-refractivity contribution in [3.05, 3.63) is 92.4 Å². The lowest BCUT2D eigenvalue weighted by Crippen LogP contribution is -2.26. The summed E-state index contributed by atoms with van der Waals surface area (Å²) < 4.78 is 6.04. The first kappa shape index (κ1) is 23.1. The SMILES string of the molecule is CC(NC(=O)c1ccc(NC(=O)COc2c(Cl)cc(Cl)cc2Br)cc1)c1ccccc1. The molecule has 0 radical (unpaired) electrons. The van der Waals surface area contributed by atoms with Gasteiger partial charge in [0.15, 0.2) is 12.4 Å². The van der Waals surface area contributed by atoms with Crippen LogP contribution in [0.3, 0.4) is 0 Å². The van der Waals surface area contributed by atoms with E-state index in [1.54, 1.807) is 30.3 Å². The smallest absolute Gasteiger partial charge is 0.262 e. The second-order valence-electron chi connectivity index (χ2n) is 6.72. The van der Waals surface area contributed by atoms with Crippen LogP contribution in [0.15, 0.2) is 71.2 Å². The molecular weight excluding hydrogens is 503 g/mol. The molecule has 0 aliphatic rings. The van der Waals surface area contributed by atoms with Crippen LogP contribution in [0.2, 0.25) is 10.0 Å². The highest BCUT2D eigenvalue weighted by Crippen LogP contribution is 2.36. The van der Waals surface area contributed by atoms with E-state index < -0.39 is 0 Å². The molecule has 5 nitrogen and oxygen atoms in total. The number of rotatable bonds is 7. The fraction of sp³-hybridized carbons (Fsp3) is 0.130. The van der Waals surface area contributed by atoms with E-state index in [0.717, 1.165) is 5.56 Å². The topological polar surface area (TPSA) is 67.4 Å². The van der Waals surface area contributed by atoms with Crippen LogP contribution >= 0.6 is 39.1 Å². The molecule has 0 fully saturated rings. The highest BCUT2D eigenvalue weighted by Gasteiger charge is 2.13. The Balaban J connectivity index is 1.54. The lowest BCUT2D eigenvalue weighted by Gasteiger charge is -2.14. The molecule has 0 aromatic heterocycles. The number of amides is 2. The number of nitrogens with one attached hydrogen (secondary N) is 2. The first-order chi connectivity index (χ1) is 14.8. The van der Waals surface area contributed by atoms with E-state index >= 15 is 0 Å². The molecule has 0 aliphatic carbocycles. The van der Waals surface area contributed by atoms with Crippen molar-refractivity contribution in [2.45, 2.75) is 13.0 Å². The second-order valence-corrected chi connectivity index (χ2v) is 8.42. The van der Waals surface area contributed by atoms with Gasteiger partial charge in [0.1, 0.15) is 0 Å². The van der Waals surface area contributed by atoms with Gasteiger partial charge in [-0.05, 0) is 64.8 Å². The van der Waals surface area contributed by atoms with Gasteiger partial charge in [-0.15, -0.1) is 0 Å². The summed E-state index contributed by atoms with van der Waals surface area (Å²) in [5.41, 5.74) is 2.06. The number of anilines is 1. The number of hydrogen-bond acceptors (Lipinski definition) is 3. The third kappa shape index (κ3) is 6.47. The summed E-state index contributed by atoms with van der Waals surface area (Å²) in [6.07, 6.45) is 0. The van der Waals surface area contributed by atoms with Crippen molar-refractivity contribution in [1.82, 2.24) is 5.32 Å². The van der Waals surface area contributed by atoms with Crippen LogP contribution in [0.5, 0.6) is 5.75 Å². The molecular formula is C23H19BrCl2N2O3. The minimum atomic E-state index is -0.368. The molecule has 0 heterocycles. The minimum Gasteiger partial charge on any atom is -0.481 e. The van der Waals surface area contributed by atoms with Crippen LogP contribution in [-0.2, 0) is 4.79 Å². The summed E-state index contributed by atoms with van der Waals surface area (Å²) in [5.74, 6) is -0.228. The number of ether oxygens (including phenoxy) is 1. The van der Waals surface area contributed by atoms with Gasteiger partial charge in [0.25, 0.3) is 11.8 Å². The molecule has 2 amide bonds. The van der Waals surface area contributed by atoms with Crippen LogP contribution in [0.1, 0.15) is 28.9 Å². The predicted octanol–water partition coefficient (Wildman–Crippen LogP) is 6.26. The van der Waals surface area contributed by atoms with Crippen molar-refractivity contribution < 1.29 is 14.3 Å². The van der Waals surface area contributed by atoms with Crippen molar-refractivity contribution in [3.8, 4) is 5.75 Å². The molecule has 0 saturated heterocycles. The van der Waals surface area contributed by atoms with Crippen molar-refractivity contribution in [3.63, 3.8) is 0 Å². The van der Waals surface area contributed by atoms with Crippen molar-refractivity contribution in [2.24, 2.45) is 0 Å². The first-order valence-electron chi connectivity index (χ1n) is 9.36. The molecule has 0 spiro atoms. The summed E-state index contributed by atoms with van der Waals surface area (Å²) in [6.45, 7) is 1.68. The van der Waals surface area contributed by atoms with E-state index in [1.165, 1.54) is 6.07 Å². The molecule has 1 unspecified atom stereocenters. The van der Waals surface area contributed by atoms with E-state index in [0.29, 0.717) is 31.5 Å². The Morgan fingerprint density at radius 1 is 1.03 bits per heavy atom. The highest BCUT2D eigenvalue weighted by atomic mass is 79.9. The van der Waals surface area contributed by atoms with Gasteiger partial charge in [-0.3, -0.25) is 9.59 Å². The van der Waals surface area contributed by atoms with Crippen LogP contribution in [0, 0.1) is 0 Å². The number of halogens is 3. The molecule has 0 saturated carbocycles. The summed E-state index contributed by atoms with van der Waals surface area (Å²) in [5, 5.41) is 6.42. The van der Waals surface area contributed by atoms with Gasteiger partial charge >= 0.3 is 0 Å². The quantitative estimate of drug-likeness (QED) is 0.385. The van der Waals surface area contributed by atoms with E-state index in [9.17, 15) is 9.59 Å². The maximum Gasteiger partial charge on any atom is 0.262 e. The molecule has 1 atom stereocenters. The van der Waals surface area contributed by atoms with E-state index in [1.807, 2.05) is 37.3 Å². The van der Waals surface area contributed by atoms with E-state index in [2.05, 4.69) is 26.6 Å².